The van der Waals surface area contributed by atoms with Crippen LogP contribution in [-0.4, -0.2) is 66.4 Å². The molecule has 8 heteroatoms. The van der Waals surface area contributed by atoms with Crippen LogP contribution < -0.4 is 5.32 Å². The first-order valence-electron chi connectivity index (χ1n) is 10.3. The van der Waals surface area contributed by atoms with Gasteiger partial charge in [0.05, 0.1) is 12.2 Å². The highest BCUT2D eigenvalue weighted by Crippen LogP contribution is 2.19. The fraction of sp³-hybridized carbons (Fsp3) is 0.500. The summed E-state index contributed by atoms with van der Waals surface area (Å²) in [4.78, 5) is 25.3. The molecule has 7 nitrogen and oxygen atoms in total. The zero-order valence-electron chi connectivity index (χ0n) is 18.6. The second-order valence-electron chi connectivity index (χ2n) is 6.92. The fourth-order valence-electron chi connectivity index (χ4n) is 2.95. The van der Waals surface area contributed by atoms with Gasteiger partial charge in [-0.1, -0.05) is 17.7 Å². The highest BCUT2D eigenvalue weighted by molar-refractivity contribution is 14.0. The molecule has 0 aliphatic rings. The van der Waals surface area contributed by atoms with Crippen LogP contribution in [0, 0.1) is 6.92 Å². The van der Waals surface area contributed by atoms with Crippen molar-refractivity contribution in [2.24, 2.45) is 4.99 Å². The van der Waals surface area contributed by atoms with E-state index in [1.807, 2.05) is 61.9 Å². The quantitative estimate of drug-likeness (QED) is 0.307. The molecule has 0 aliphatic heterocycles. The molecule has 2 aromatic rings. The molecule has 0 saturated carbocycles. The molecule has 0 unspecified atom stereocenters. The number of carbonyl (C=O) groups excluding carboxylic acids is 1. The largest absolute Gasteiger partial charge is 0.444 e. The first kappa shape index (κ1) is 25.9. The third-order valence-electron chi connectivity index (χ3n) is 4.66. The summed E-state index contributed by atoms with van der Waals surface area (Å²) in [6.07, 6.45) is 2.35. The van der Waals surface area contributed by atoms with Gasteiger partial charge in [0, 0.05) is 45.2 Å². The van der Waals surface area contributed by atoms with E-state index < -0.39 is 0 Å². The third-order valence-corrected chi connectivity index (χ3v) is 4.66. The number of guanidine groups is 1. The van der Waals surface area contributed by atoms with E-state index in [9.17, 15) is 4.79 Å². The van der Waals surface area contributed by atoms with Crippen molar-refractivity contribution in [2.75, 3.05) is 39.8 Å². The molecule has 0 atom stereocenters. The van der Waals surface area contributed by atoms with E-state index >= 15 is 0 Å². The van der Waals surface area contributed by atoms with E-state index in [4.69, 9.17) is 4.42 Å². The van der Waals surface area contributed by atoms with Crippen LogP contribution in [0.1, 0.15) is 32.0 Å². The van der Waals surface area contributed by atoms with Gasteiger partial charge in [0.25, 0.3) is 0 Å². The van der Waals surface area contributed by atoms with Gasteiger partial charge in [-0.05, 0) is 39.8 Å². The summed E-state index contributed by atoms with van der Waals surface area (Å²) in [6.45, 7) is 11.1. The number of aromatic nitrogens is 1. The number of hydrogen-bond donors (Lipinski definition) is 1. The molecule has 166 valence electrons. The minimum atomic E-state index is 0. The Morgan fingerprint density at radius 1 is 1.17 bits per heavy atom. The number of nitrogens with one attached hydrogen (secondary N) is 1. The first-order valence-corrected chi connectivity index (χ1v) is 10.3. The van der Waals surface area contributed by atoms with Crippen LogP contribution in [-0.2, 0) is 11.2 Å². The number of aryl methyl sites for hydroxylation is 1. The van der Waals surface area contributed by atoms with E-state index in [0.717, 1.165) is 23.8 Å². The number of hydrogen-bond acceptors (Lipinski definition) is 4. The molecule has 2 rings (SSSR count). The predicted octanol–water partition coefficient (Wildman–Crippen LogP) is 3.58. The maximum Gasteiger partial charge on any atom is 0.242 e. The zero-order chi connectivity index (χ0) is 21.2. The Morgan fingerprint density at radius 2 is 1.83 bits per heavy atom. The van der Waals surface area contributed by atoms with Gasteiger partial charge in [-0.3, -0.25) is 9.79 Å². The number of likely N-dealkylation sites (N-methyl/N-ethyl adjacent to an activating group) is 2. The Labute approximate surface area is 197 Å². The van der Waals surface area contributed by atoms with Gasteiger partial charge in [0.1, 0.15) is 6.26 Å². The lowest BCUT2D eigenvalue weighted by Gasteiger charge is -2.25. The van der Waals surface area contributed by atoms with Crippen LogP contribution in [0.4, 0.5) is 0 Å². The van der Waals surface area contributed by atoms with Crippen molar-refractivity contribution in [3.8, 4) is 11.5 Å². The Balaban J connectivity index is 0.00000450. The van der Waals surface area contributed by atoms with Gasteiger partial charge < -0.3 is 19.5 Å². The second kappa shape index (κ2) is 13.3. The third kappa shape index (κ3) is 7.62. The standard InChI is InChI=1S/C22H33N5O2.HI/c1-6-23-22(26(5)15-20(28)27(7-2)8-3)24-14-13-19-16-29-21(25-19)18-11-9-17(4)10-12-18;/h9-12,16H,6-8,13-15H2,1-5H3,(H,23,24);1H. The number of benzene rings is 1. The van der Waals surface area contributed by atoms with Crippen LogP contribution >= 0.6 is 24.0 Å². The minimum Gasteiger partial charge on any atom is -0.444 e. The van der Waals surface area contributed by atoms with E-state index in [2.05, 4.69) is 22.2 Å². The number of carbonyl (C=O) groups is 1. The molecule has 0 aliphatic carbocycles. The molecular weight excluding hydrogens is 493 g/mol. The molecule has 1 N–H and O–H groups in total. The molecule has 1 aromatic heterocycles. The summed E-state index contributed by atoms with van der Waals surface area (Å²) in [5.41, 5.74) is 3.03. The van der Waals surface area contributed by atoms with Gasteiger partial charge in [0.15, 0.2) is 5.96 Å². The highest BCUT2D eigenvalue weighted by atomic mass is 127. The van der Waals surface area contributed by atoms with Crippen molar-refractivity contribution in [1.82, 2.24) is 20.1 Å². The molecule has 0 fully saturated rings. The number of rotatable bonds is 9. The Kier molecular flexibility index (Phi) is 11.5. The summed E-state index contributed by atoms with van der Waals surface area (Å²) < 4.78 is 5.61. The Hall–Kier alpha value is -2.10. The SMILES string of the molecule is CCNC(=NCCc1coc(-c2ccc(C)cc2)n1)N(C)CC(=O)N(CC)CC.I. The summed E-state index contributed by atoms with van der Waals surface area (Å²) >= 11 is 0. The van der Waals surface area contributed by atoms with E-state index in [0.29, 0.717) is 38.5 Å². The van der Waals surface area contributed by atoms with E-state index in [1.54, 1.807) is 6.26 Å². The molecular formula is C22H34IN5O2. The molecule has 0 bridgehead atoms. The monoisotopic (exact) mass is 527 g/mol. The van der Waals surface area contributed by atoms with Crippen LogP contribution in [0.25, 0.3) is 11.5 Å². The smallest absolute Gasteiger partial charge is 0.242 e. The number of halogens is 1. The zero-order valence-corrected chi connectivity index (χ0v) is 21.0. The molecule has 0 saturated heterocycles. The maximum atomic E-state index is 12.4. The molecule has 0 spiro atoms. The first-order chi connectivity index (χ1) is 14.0. The number of aliphatic imine (C=N–C) groups is 1. The average molecular weight is 527 g/mol. The van der Waals surface area contributed by atoms with Crippen LogP contribution in [0.15, 0.2) is 39.9 Å². The molecule has 0 radical (unpaired) electrons. The van der Waals surface area contributed by atoms with Gasteiger partial charge >= 0.3 is 0 Å². The number of nitrogens with zero attached hydrogens (tertiary/aromatic N) is 4. The van der Waals surface area contributed by atoms with Crippen molar-refractivity contribution in [3.05, 3.63) is 41.8 Å². The Morgan fingerprint density at radius 3 is 2.43 bits per heavy atom. The van der Waals surface area contributed by atoms with Crippen molar-refractivity contribution >= 4 is 35.8 Å². The lowest BCUT2D eigenvalue weighted by atomic mass is 10.1. The summed E-state index contributed by atoms with van der Waals surface area (Å²) in [7, 11) is 1.88. The maximum absolute atomic E-state index is 12.4. The summed E-state index contributed by atoms with van der Waals surface area (Å²) in [5.74, 6) is 1.44. The number of oxazole rings is 1. The van der Waals surface area contributed by atoms with Crippen LogP contribution in [0.3, 0.4) is 0 Å². The normalized spacial score (nSPS) is 11.0. The molecule has 1 aromatic carbocycles. The van der Waals surface area contributed by atoms with Crippen LogP contribution in [0.5, 0.6) is 0 Å². The van der Waals surface area contributed by atoms with Crippen molar-refractivity contribution < 1.29 is 9.21 Å². The number of amides is 1. The highest BCUT2D eigenvalue weighted by Gasteiger charge is 2.15. The van der Waals surface area contributed by atoms with Gasteiger partial charge in [-0.2, -0.15) is 0 Å². The summed E-state index contributed by atoms with van der Waals surface area (Å²) in [5, 5.41) is 3.25. The van der Waals surface area contributed by atoms with Crippen molar-refractivity contribution in [2.45, 2.75) is 34.1 Å². The van der Waals surface area contributed by atoms with Crippen molar-refractivity contribution in [1.29, 1.82) is 0 Å². The second-order valence-corrected chi connectivity index (χ2v) is 6.92. The van der Waals surface area contributed by atoms with E-state index in [1.165, 1.54) is 5.56 Å². The fourth-order valence-corrected chi connectivity index (χ4v) is 2.95. The molecule has 1 heterocycles. The summed E-state index contributed by atoms with van der Waals surface area (Å²) in [6, 6.07) is 8.10. The average Bonchev–Trinajstić information content (AvgIpc) is 3.17. The van der Waals surface area contributed by atoms with Crippen molar-refractivity contribution in [3.63, 3.8) is 0 Å². The topological polar surface area (TPSA) is 74.0 Å². The van der Waals surface area contributed by atoms with Gasteiger partial charge in [-0.25, -0.2) is 4.98 Å². The van der Waals surface area contributed by atoms with E-state index in [-0.39, 0.29) is 29.9 Å². The van der Waals surface area contributed by atoms with Gasteiger partial charge in [0.2, 0.25) is 11.8 Å². The molecule has 30 heavy (non-hydrogen) atoms. The molecule has 1 amide bonds. The van der Waals surface area contributed by atoms with Crippen LogP contribution in [0.2, 0.25) is 0 Å². The Bertz CT molecular complexity index is 800. The predicted molar refractivity (Wildman–Crippen MR) is 132 cm³/mol. The minimum absolute atomic E-state index is 0. The lowest BCUT2D eigenvalue weighted by molar-refractivity contribution is -0.131. The van der Waals surface area contributed by atoms with Gasteiger partial charge in [-0.15, -0.1) is 24.0 Å². The lowest BCUT2D eigenvalue weighted by Crippen LogP contribution is -2.45.